The van der Waals surface area contributed by atoms with Gasteiger partial charge in [-0.25, -0.2) is 8.42 Å². The topological polar surface area (TPSA) is 96.0 Å². The van der Waals surface area contributed by atoms with E-state index in [-0.39, 0.29) is 15.5 Å². The van der Waals surface area contributed by atoms with Gasteiger partial charge in [-0.2, -0.15) is 10.1 Å². The monoisotopic (exact) mass is 231 g/mol. The Hall–Kier alpha value is -1.13. The van der Waals surface area contributed by atoms with Gasteiger partial charge < -0.3 is 0 Å². The number of nitrogens with two attached hydrogens (primary N) is 1. The highest BCUT2D eigenvalue weighted by Gasteiger charge is 2.15. The lowest BCUT2D eigenvalue weighted by Gasteiger charge is -2.03. The smallest absolute Gasteiger partial charge is 0.254 e. The summed E-state index contributed by atoms with van der Waals surface area (Å²) in [6.45, 7) is 0. The minimum Gasteiger partial charge on any atom is -0.257 e. The molecule has 0 bridgehead atoms. The van der Waals surface area contributed by atoms with Crippen molar-refractivity contribution in [1.29, 1.82) is 5.26 Å². The van der Waals surface area contributed by atoms with Gasteiger partial charge in [-0.3, -0.25) is 5.84 Å². The number of sulfonamides is 1. The van der Waals surface area contributed by atoms with Crippen molar-refractivity contribution in [2.75, 3.05) is 0 Å². The molecule has 7 heteroatoms. The van der Waals surface area contributed by atoms with E-state index in [1.807, 2.05) is 6.07 Å². The van der Waals surface area contributed by atoms with E-state index in [4.69, 9.17) is 22.7 Å². The molecule has 1 aromatic rings. The summed E-state index contributed by atoms with van der Waals surface area (Å²) in [5, 5.41) is 8.47. The van der Waals surface area contributed by atoms with Crippen LogP contribution in [0.2, 0.25) is 5.02 Å². The Bertz CT molecular complexity index is 492. The van der Waals surface area contributed by atoms with Crippen LogP contribution in [0.25, 0.3) is 0 Å². The summed E-state index contributed by atoms with van der Waals surface area (Å²) >= 11 is 5.65. The Labute approximate surface area is 86.1 Å². The summed E-state index contributed by atoms with van der Waals surface area (Å²) in [7, 11) is -3.77. The van der Waals surface area contributed by atoms with E-state index in [1.54, 1.807) is 4.83 Å². The Balaban J connectivity index is 3.35. The maximum Gasteiger partial charge on any atom is 0.254 e. The molecule has 1 aromatic carbocycles. The normalized spacial score (nSPS) is 10.9. The molecule has 5 nitrogen and oxygen atoms in total. The van der Waals surface area contributed by atoms with E-state index in [2.05, 4.69) is 0 Å². The molecule has 0 aromatic heterocycles. The van der Waals surface area contributed by atoms with Crippen LogP contribution in [0.5, 0.6) is 0 Å². The zero-order chi connectivity index (χ0) is 10.8. The third-order valence-electron chi connectivity index (χ3n) is 1.51. The first kappa shape index (κ1) is 10.9. The van der Waals surface area contributed by atoms with Crippen LogP contribution in [0.1, 0.15) is 5.56 Å². The van der Waals surface area contributed by atoms with Gasteiger partial charge >= 0.3 is 0 Å². The molecule has 0 heterocycles. The van der Waals surface area contributed by atoms with E-state index < -0.39 is 10.0 Å². The van der Waals surface area contributed by atoms with Crippen molar-refractivity contribution in [2.24, 2.45) is 5.84 Å². The van der Waals surface area contributed by atoms with E-state index in [9.17, 15) is 8.42 Å². The predicted molar refractivity (Wildman–Crippen MR) is 50.7 cm³/mol. The van der Waals surface area contributed by atoms with Crippen LogP contribution in [0, 0.1) is 11.3 Å². The lowest BCUT2D eigenvalue weighted by molar-refractivity contribution is 0.584. The zero-order valence-electron chi connectivity index (χ0n) is 6.86. The molecule has 0 saturated heterocycles. The summed E-state index contributed by atoms with van der Waals surface area (Å²) < 4.78 is 22.4. The van der Waals surface area contributed by atoms with Gasteiger partial charge in [0.05, 0.1) is 16.7 Å². The summed E-state index contributed by atoms with van der Waals surface area (Å²) in [5.74, 6) is 4.82. The Morgan fingerprint density at radius 1 is 1.50 bits per heavy atom. The van der Waals surface area contributed by atoms with Gasteiger partial charge in [0.15, 0.2) is 0 Å². The molecule has 1 rings (SSSR count). The van der Waals surface area contributed by atoms with Crippen molar-refractivity contribution < 1.29 is 8.42 Å². The molecule has 0 radical (unpaired) electrons. The highest BCUT2D eigenvalue weighted by molar-refractivity contribution is 7.89. The number of benzene rings is 1. The molecule has 0 aliphatic rings. The van der Waals surface area contributed by atoms with Crippen LogP contribution in [-0.4, -0.2) is 8.42 Å². The van der Waals surface area contributed by atoms with E-state index in [0.29, 0.717) is 0 Å². The Morgan fingerprint density at radius 3 is 2.57 bits per heavy atom. The van der Waals surface area contributed by atoms with Crippen molar-refractivity contribution >= 4 is 21.6 Å². The number of nitrogens with one attached hydrogen (secondary N) is 1. The first-order valence-corrected chi connectivity index (χ1v) is 5.29. The third-order valence-corrected chi connectivity index (χ3v) is 3.18. The lowest BCUT2D eigenvalue weighted by Crippen LogP contribution is -2.30. The summed E-state index contributed by atoms with van der Waals surface area (Å²) in [6, 6.07) is 5.65. The third kappa shape index (κ3) is 2.02. The second kappa shape index (κ2) is 3.94. The molecule has 0 atom stereocenters. The molecular weight excluding hydrogens is 226 g/mol. The van der Waals surface area contributed by atoms with Crippen LogP contribution < -0.4 is 10.7 Å². The minimum absolute atomic E-state index is 0.0398. The van der Waals surface area contributed by atoms with Crippen molar-refractivity contribution in [3.63, 3.8) is 0 Å². The van der Waals surface area contributed by atoms with Gasteiger partial charge in [-0.05, 0) is 18.2 Å². The van der Waals surface area contributed by atoms with E-state index in [0.717, 1.165) is 0 Å². The molecular formula is C7H6ClN3O2S. The second-order valence-corrected chi connectivity index (χ2v) is 4.47. The quantitative estimate of drug-likeness (QED) is 0.568. The van der Waals surface area contributed by atoms with Gasteiger partial charge in [0.1, 0.15) is 4.90 Å². The van der Waals surface area contributed by atoms with E-state index >= 15 is 0 Å². The molecule has 0 amide bonds. The maximum atomic E-state index is 11.2. The van der Waals surface area contributed by atoms with Gasteiger partial charge in [0.2, 0.25) is 0 Å². The Morgan fingerprint density at radius 2 is 2.14 bits per heavy atom. The number of hydrogen-bond donors (Lipinski definition) is 2. The van der Waals surface area contributed by atoms with Crippen molar-refractivity contribution in [3.8, 4) is 6.07 Å². The standard InChI is InChI=1S/C7H6ClN3O2S/c8-6-3-5(4-9)1-2-7(6)14(12,13)11-10/h1-3,11H,10H2. The molecule has 0 unspecified atom stereocenters. The number of nitrogens with zero attached hydrogens (tertiary/aromatic N) is 1. The fourth-order valence-electron chi connectivity index (χ4n) is 0.852. The largest absolute Gasteiger partial charge is 0.257 e. The zero-order valence-corrected chi connectivity index (χ0v) is 8.43. The molecule has 74 valence electrons. The second-order valence-electron chi connectivity index (χ2n) is 2.38. The number of rotatable bonds is 2. The maximum absolute atomic E-state index is 11.2. The van der Waals surface area contributed by atoms with Crippen molar-refractivity contribution in [3.05, 3.63) is 28.8 Å². The fourth-order valence-corrected chi connectivity index (χ4v) is 2.03. The summed E-state index contributed by atoms with van der Waals surface area (Å²) in [5.41, 5.74) is 0.283. The molecule has 0 fully saturated rings. The first-order chi connectivity index (χ1) is 6.51. The minimum atomic E-state index is -3.77. The fraction of sp³-hybridized carbons (Fsp3) is 0. The average Bonchev–Trinajstić information content (AvgIpc) is 2.17. The van der Waals surface area contributed by atoms with Crippen LogP contribution in [0.15, 0.2) is 23.1 Å². The number of hydrazine groups is 1. The predicted octanol–water partition coefficient (Wildman–Crippen LogP) is 0.364. The van der Waals surface area contributed by atoms with Crippen LogP contribution in [0.4, 0.5) is 0 Å². The molecule has 14 heavy (non-hydrogen) atoms. The highest BCUT2D eigenvalue weighted by atomic mass is 35.5. The van der Waals surface area contributed by atoms with Gasteiger partial charge in [0.25, 0.3) is 10.0 Å². The lowest BCUT2D eigenvalue weighted by atomic mass is 10.2. The molecule has 0 spiro atoms. The molecule has 0 aliphatic carbocycles. The van der Waals surface area contributed by atoms with Gasteiger partial charge in [-0.15, -0.1) is 0 Å². The number of nitriles is 1. The van der Waals surface area contributed by atoms with Crippen molar-refractivity contribution in [1.82, 2.24) is 4.83 Å². The number of halogens is 1. The molecule has 3 N–H and O–H groups in total. The van der Waals surface area contributed by atoms with Crippen LogP contribution >= 0.6 is 11.6 Å². The highest BCUT2D eigenvalue weighted by Crippen LogP contribution is 2.21. The average molecular weight is 232 g/mol. The Kier molecular flexibility index (Phi) is 3.08. The molecule has 0 aliphatic heterocycles. The van der Waals surface area contributed by atoms with E-state index in [1.165, 1.54) is 18.2 Å². The first-order valence-electron chi connectivity index (χ1n) is 3.43. The molecule has 0 saturated carbocycles. The summed E-state index contributed by atoms with van der Waals surface area (Å²) in [6.07, 6.45) is 0. The SMILES string of the molecule is N#Cc1ccc(S(=O)(=O)NN)c(Cl)c1. The van der Waals surface area contributed by atoms with Crippen molar-refractivity contribution in [2.45, 2.75) is 4.90 Å². The van der Waals surface area contributed by atoms with Gasteiger partial charge in [0, 0.05) is 0 Å². The van der Waals surface area contributed by atoms with Crippen LogP contribution in [-0.2, 0) is 10.0 Å². The van der Waals surface area contributed by atoms with Gasteiger partial charge in [-0.1, -0.05) is 11.6 Å². The van der Waals surface area contributed by atoms with Crippen LogP contribution in [0.3, 0.4) is 0 Å². The summed E-state index contributed by atoms with van der Waals surface area (Å²) in [4.78, 5) is 1.49. The number of hydrogen-bond acceptors (Lipinski definition) is 4.